The smallest absolute Gasteiger partial charge is 0.356 e. The molecule has 2 aromatic rings. The normalized spacial score (nSPS) is 17.8. The number of anilines is 3. The maximum absolute atomic E-state index is 11.4. The van der Waals surface area contributed by atoms with Crippen LogP contribution in [-0.4, -0.2) is 57.5 Å². The van der Waals surface area contributed by atoms with Gasteiger partial charge in [-0.05, 0) is 18.9 Å². The molecule has 2 aromatic heterocycles. The molecule has 0 bridgehead atoms. The molecule has 3 rings (SSSR count). The van der Waals surface area contributed by atoms with Crippen LogP contribution in [0.3, 0.4) is 0 Å². The topological polar surface area (TPSA) is 116 Å². The Labute approximate surface area is 132 Å². The van der Waals surface area contributed by atoms with Gasteiger partial charge in [0.15, 0.2) is 5.82 Å². The van der Waals surface area contributed by atoms with Gasteiger partial charge in [-0.25, -0.2) is 9.78 Å². The standard InChI is InChI=1S/C14H18N6O3/c1-23-13(22)10-7-11(19-18-10)16-14-15-5-4-12(17-14)20-6-2-3-9(21)8-20/h4-5,7,9,21H,2-3,6,8H2,1H3,(H2,15,16,17,18,19). The number of β-amino-alcohol motifs (C(OH)–C–C–N with tert-alkyl or cyclic N) is 1. The molecule has 122 valence electrons. The van der Waals surface area contributed by atoms with Gasteiger partial charge in [-0.3, -0.25) is 5.10 Å². The summed E-state index contributed by atoms with van der Waals surface area (Å²) in [5.74, 6) is 1.03. The van der Waals surface area contributed by atoms with Crippen molar-refractivity contribution in [2.24, 2.45) is 0 Å². The van der Waals surface area contributed by atoms with Crippen molar-refractivity contribution in [1.82, 2.24) is 20.2 Å². The Morgan fingerprint density at radius 3 is 3.22 bits per heavy atom. The third-order valence-electron chi connectivity index (χ3n) is 3.58. The van der Waals surface area contributed by atoms with Crippen LogP contribution < -0.4 is 10.2 Å². The van der Waals surface area contributed by atoms with Crippen LogP contribution >= 0.6 is 0 Å². The van der Waals surface area contributed by atoms with Crippen molar-refractivity contribution in [2.75, 3.05) is 30.4 Å². The van der Waals surface area contributed by atoms with E-state index in [1.54, 1.807) is 12.3 Å². The third kappa shape index (κ3) is 3.57. The first-order chi connectivity index (χ1) is 11.2. The number of ether oxygens (including phenoxy) is 1. The van der Waals surface area contributed by atoms with Crippen molar-refractivity contribution in [3.8, 4) is 0 Å². The Hall–Kier alpha value is -2.68. The van der Waals surface area contributed by atoms with Crippen molar-refractivity contribution in [1.29, 1.82) is 0 Å². The van der Waals surface area contributed by atoms with Crippen LogP contribution in [0.5, 0.6) is 0 Å². The quantitative estimate of drug-likeness (QED) is 0.705. The van der Waals surface area contributed by atoms with Gasteiger partial charge in [-0.2, -0.15) is 10.1 Å². The molecule has 1 unspecified atom stereocenters. The number of hydrogen-bond acceptors (Lipinski definition) is 8. The minimum atomic E-state index is -0.498. The van der Waals surface area contributed by atoms with Crippen LogP contribution in [0.1, 0.15) is 23.3 Å². The Kier molecular flexibility index (Phi) is 4.38. The molecule has 23 heavy (non-hydrogen) atoms. The number of esters is 1. The van der Waals surface area contributed by atoms with Crippen LogP contribution in [0.4, 0.5) is 17.6 Å². The molecular weight excluding hydrogens is 300 g/mol. The number of piperidine rings is 1. The lowest BCUT2D eigenvalue weighted by atomic mass is 10.1. The molecule has 0 aliphatic carbocycles. The van der Waals surface area contributed by atoms with E-state index in [-0.39, 0.29) is 11.8 Å². The Bertz CT molecular complexity index is 689. The van der Waals surface area contributed by atoms with E-state index >= 15 is 0 Å². The molecule has 0 aromatic carbocycles. The molecule has 9 heteroatoms. The lowest BCUT2D eigenvalue weighted by molar-refractivity contribution is 0.0594. The zero-order chi connectivity index (χ0) is 16.2. The SMILES string of the molecule is COC(=O)c1cc(Nc2nccc(N3CCCC(O)C3)n2)n[nH]1. The van der Waals surface area contributed by atoms with Crippen LogP contribution in [0.2, 0.25) is 0 Å². The molecule has 0 spiro atoms. The van der Waals surface area contributed by atoms with E-state index < -0.39 is 5.97 Å². The third-order valence-corrected chi connectivity index (χ3v) is 3.58. The largest absolute Gasteiger partial charge is 0.464 e. The summed E-state index contributed by atoms with van der Waals surface area (Å²) in [6.07, 6.45) is 3.05. The van der Waals surface area contributed by atoms with Crippen molar-refractivity contribution < 1.29 is 14.6 Å². The highest BCUT2D eigenvalue weighted by atomic mass is 16.5. The molecule has 3 heterocycles. The maximum Gasteiger partial charge on any atom is 0.356 e. The fourth-order valence-electron chi connectivity index (χ4n) is 2.46. The summed E-state index contributed by atoms with van der Waals surface area (Å²) in [5, 5.41) is 19.2. The molecule has 0 radical (unpaired) electrons. The van der Waals surface area contributed by atoms with E-state index in [1.807, 2.05) is 4.90 Å². The maximum atomic E-state index is 11.4. The van der Waals surface area contributed by atoms with E-state index in [4.69, 9.17) is 0 Å². The highest BCUT2D eigenvalue weighted by Crippen LogP contribution is 2.19. The van der Waals surface area contributed by atoms with E-state index in [9.17, 15) is 9.90 Å². The van der Waals surface area contributed by atoms with E-state index in [1.165, 1.54) is 13.2 Å². The van der Waals surface area contributed by atoms with Crippen LogP contribution in [-0.2, 0) is 4.74 Å². The summed E-state index contributed by atoms with van der Waals surface area (Å²) >= 11 is 0. The van der Waals surface area contributed by atoms with E-state index in [2.05, 4.69) is 30.2 Å². The second kappa shape index (κ2) is 6.61. The molecule has 1 aliphatic heterocycles. The minimum absolute atomic E-state index is 0.241. The van der Waals surface area contributed by atoms with Gasteiger partial charge in [0.05, 0.1) is 13.2 Å². The lowest BCUT2D eigenvalue weighted by Gasteiger charge is -2.30. The number of methoxy groups -OCH3 is 1. The molecule has 9 nitrogen and oxygen atoms in total. The van der Waals surface area contributed by atoms with Crippen molar-refractivity contribution in [3.63, 3.8) is 0 Å². The Morgan fingerprint density at radius 1 is 1.57 bits per heavy atom. The summed E-state index contributed by atoms with van der Waals surface area (Å²) in [4.78, 5) is 22.0. The van der Waals surface area contributed by atoms with Crippen molar-refractivity contribution in [2.45, 2.75) is 18.9 Å². The van der Waals surface area contributed by atoms with Gasteiger partial charge in [0.25, 0.3) is 0 Å². The molecule has 1 fully saturated rings. The first-order valence-electron chi connectivity index (χ1n) is 7.32. The fraction of sp³-hybridized carbons (Fsp3) is 0.429. The number of carbonyl (C=O) groups excluding carboxylic acids is 1. The summed E-state index contributed by atoms with van der Waals surface area (Å²) in [6.45, 7) is 1.41. The molecular formula is C14H18N6O3. The number of rotatable bonds is 4. The van der Waals surface area contributed by atoms with Gasteiger partial charge in [0, 0.05) is 25.4 Å². The Balaban J connectivity index is 1.72. The predicted molar refractivity (Wildman–Crippen MR) is 82.7 cm³/mol. The first kappa shape index (κ1) is 15.2. The van der Waals surface area contributed by atoms with E-state index in [0.717, 1.165) is 25.2 Å². The average molecular weight is 318 g/mol. The number of aromatic amines is 1. The highest BCUT2D eigenvalue weighted by molar-refractivity contribution is 5.88. The van der Waals surface area contributed by atoms with Gasteiger partial charge < -0.3 is 20.1 Å². The highest BCUT2D eigenvalue weighted by Gasteiger charge is 2.19. The van der Waals surface area contributed by atoms with Gasteiger partial charge >= 0.3 is 5.97 Å². The summed E-state index contributed by atoms with van der Waals surface area (Å²) < 4.78 is 4.61. The second-order valence-corrected chi connectivity index (χ2v) is 5.26. The van der Waals surface area contributed by atoms with Gasteiger partial charge in [0.1, 0.15) is 11.5 Å². The molecule has 0 saturated carbocycles. The zero-order valence-corrected chi connectivity index (χ0v) is 12.7. The monoisotopic (exact) mass is 318 g/mol. The van der Waals surface area contributed by atoms with Gasteiger partial charge in [0.2, 0.25) is 5.95 Å². The minimum Gasteiger partial charge on any atom is -0.464 e. The second-order valence-electron chi connectivity index (χ2n) is 5.26. The zero-order valence-electron chi connectivity index (χ0n) is 12.7. The molecule has 1 saturated heterocycles. The lowest BCUT2D eigenvalue weighted by Crippen LogP contribution is -2.38. The number of hydrogen-bond donors (Lipinski definition) is 3. The summed E-state index contributed by atoms with van der Waals surface area (Å²) in [7, 11) is 1.30. The number of nitrogens with one attached hydrogen (secondary N) is 2. The molecule has 1 atom stereocenters. The van der Waals surface area contributed by atoms with Crippen LogP contribution in [0, 0.1) is 0 Å². The predicted octanol–water partition coefficient (Wildman–Crippen LogP) is 0.691. The molecule has 3 N–H and O–H groups in total. The van der Waals surface area contributed by atoms with Crippen molar-refractivity contribution in [3.05, 3.63) is 24.0 Å². The summed E-state index contributed by atoms with van der Waals surface area (Å²) in [6, 6.07) is 3.32. The van der Waals surface area contributed by atoms with Crippen LogP contribution in [0.15, 0.2) is 18.3 Å². The number of carbonyl (C=O) groups is 1. The van der Waals surface area contributed by atoms with E-state index in [0.29, 0.717) is 18.3 Å². The number of aliphatic hydroxyl groups excluding tert-OH is 1. The molecule has 0 amide bonds. The number of H-pyrrole nitrogens is 1. The number of nitrogens with zero attached hydrogens (tertiary/aromatic N) is 4. The number of aromatic nitrogens is 4. The Morgan fingerprint density at radius 2 is 2.43 bits per heavy atom. The number of aliphatic hydroxyl groups is 1. The average Bonchev–Trinajstić information content (AvgIpc) is 3.03. The fourth-order valence-corrected chi connectivity index (χ4v) is 2.46. The first-order valence-corrected chi connectivity index (χ1v) is 7.32. The summed E-state index contributed by atoms with van der Waals surface area (Å²) in [5.41, 5.74) is 0.241. The van der Waals surface area contributed by atoms with Gasteiger partial charge in [-0.1, -0.05) is 0 Å². The van der Waals surface area contributed by atoms with Crippen molar-refractivity contribution >= 4 is 23.6 Å². The van der Waals surface area contributed by atoms with Gasteiger partial charge in [-0.15, -0.1) is 0 Å². The van der Waals surface area contributed by atoms with Crippen LogP contribution in [0.25, 0.3) is 0 Å². The molecule has 1 aliphatic rings.